The largest absolute Gasteiger partial charge is 0.281 e. The lowest BCUT2D eigenvalue weighted by Crippen LogP contribution is -1.86. The van der Waals surface area contributed by atoms with E-state index in [1.165, 1.54) is 25.7 Å². The maximum absolute atomic E-state index is 10.3. The lowest BCUT2D eigenvalue weighted by molar-refractivity contribution is -0.111. The van der Waals surface area contributed by atoms with E-state index in [0.29, 0.717) is 6.42 Å². The first-order chi connectivity index (χ1) is 5.77. The van der Waals surface area contributed by atoms with Crippen molar-refractivity contribution in [3.63, 3.8) is 0 Å². The van der Waals surface area contributed by atoms with Gasteiger partial charge in [0.2, 0.25) is 5.24 Å². The lowest BCUT2D eigenvalue weighted by Gasteiger charge is -1.98. The number of hydrogen-bond donors (Lipinski definition) is 0. The quantitative estimate of drug-likeness (QED) is 0.365. The normalized spacial score (nSPS) is 10.2. The summed E-state index contributed by atoms with van der Waals surface area (Å²) >= 11 is 8.58. The molecule has 0 aliphatic carbocycles. The van der Waals surface area contributed by atoms with Gasteiger partial charge in [-0.1, -0.05) is 41.6 Å². The molecule has 72 valence electrons. The molecule has 0 aliphatic heterocycles. The molecule has 0 aliphatic rings. The SMILES string of the molecule is O=C(Cl)CCCCCCCCBr. The van der Waals surface area contributed by atoms with Gasteiger partial charge < -0.3 is 0 Å². The van der Waals surface area contributed by atoms with E-state index in [-0.39, 0.29) is 5.24 Å². The number of halogens is 2. The summed E-state index contributed by atoms with van der Waals surface area (Å²) in [5.41, 5.74) is 0. The Kier molecular flexibility index (Phi) is 9.88. The Balaban J connectivity index is 2.86. The molecule has 0 aromatic heterocycles. The topological polar surface area (TPSA) is 17.1 Å². The second kappa shape index (κ2) is 9.53. The minimum atomic E-state index is -0.199. The number of carbonyl (C=O) groups is 1. The zero-order valence-corrected chi connectivity index (χ0v) is 9.66. The molecule has 0 heterocycles. The number of hydrogen-bond acceptors (Lipinski definition) is 1. The summed E-state index contributed by atoms with van der Waals surface area (Å²) in [5, 5.41) is 0.906. The van der Waals surface area contributed by atoms with Crippen molar-refractivity contribution in [2.75, 3.05) is 5.33 Å². The van der Waals surface area contributed by atoms with Gasteiger partial charge in [0, 0.05) is 11.8 Å². The average molecular weight is 256 g/mol. The van der Waals surface area contributed by atoms with Crippen molar-refractivity contribution in [2.45, 2.75) is 44.9 Å². The van der Waals surface area contributed by atoms with Crippen LogP contribution in [0.1, 0.15) is 44.9 Å². The molecule has 3 heteroatoms. The maximum Gasteiger partial charge on any atom is 0.221 e. The molecule has 0 rings (SSSR count). The van der Waals surface area contributed by atoms with Gasteiger partial charge in [-0.25, -0.2) is 0 Å². The van der Waals surface area contributed by atoms with E-state index in [0.717, 1.165) is 18.2 Å². The summed E-state index contributed by atoms with van der Waals surface area (Å²) < 4.78 is 0. The number of unbranched alkanes of at least 4 members (excludes halogenated alkanes) is 5. The summed E-state index contributed by atoms with van der Waals surface area (Å²) in [6, 6.07) is 0. The van der Waals surface area contributed by atoms with E-state index in [4.69, 9.17) is 11.6 Å². The van der Waals surface area contributed by atoms with Crippen LogP contribution >= 0.6 is 27.5 Å². The molecular weight excluding hydrogens is 239 g/mol. The van der Waals surface area contributed by atoms with Crippen molar-refractivity contribution in [2.24, 2.45) is 0 Å². The molecule has 0 unspecified atom stereocenters. The molecule has 0 N–H and O–H groups in total. The summed E-state index contributed by atoms with van der Waals surface area (Å²) in [6.07, 6.45) is 7.70. The number of carbonyl (C=O) groups excluding carboxylic acids is 1. The van der Waals surface area contributed by atoms with Gasteiger partial charge in [0.05, 0.1) is 0 Å². The Morgan fingerprint density at radius 1 is 1.00 bits per heavy atom. The monoisotopic (exact) mass is 254 g/mol. The molecule has 1 nitrogen and oxygen atoms in total. The molecule has 0 aromatic rings. The molecule has 0 bridgehead atoms. The van der Waals surface area contributed by atoms with E-state index in [2.05, 4.69) is 15.9 Å². The van der Waals surface area contributed by atoms with Crippen molar-refractivity contribution >= 4 is 32.8 Å². The standard InChI is InChI=1S/C9H16BrClO/c10-8-6-4-2-1-3-5-7-9(11)12/h1-8H2. The third-order valence-corrected chi connectivity index (χ3v) is 2.51. The van der Waals surface area contributed by atoms with Crippen LogP contribution in [0.4, 0.5) is 0 Å². The summed E-state index contributed by atoms with van der Waals surface area (Å²) in [4.78, 5) is 10.3. The Bertz CT molecular complexity index is 117. The van der Waals surface area contributed by atoms with Crippen LogP contribution in [-0.4, -0.2) is 10.6 Å². The van der Waals surface area contributed by atoms with E-state index < -0.39 is 0 Å². The Morgan fingerprint density at radius 3 is 2.00 bits per heavy atom. The first kappa shape index (κ1) is 12.4. The second-order valence-electron chi connectivity index (χ2n) is 2.92. The van der Waals surface area contributed by atoms with Gasteiger partial charge in [0.25, 0.3) is 0 Å². The average Bonchev–Trinajstić information content (AvgIpc) is 2.02. The fraction of sp³-hybridized carbons (Fsp3) is 0.889. The van der Waals surface area contributed by atoms with Crippen LogP contribution in [0.25, 0.3) is 0 Å². The predicted octanol–water partition coefficient (Wildman–Crippen LogP) is 3.88. The van der Waals surface area contributed by atoms with E-state index in [1.54, 1.807) is 0 Å². The zero-order chi connectivity index (χ0) is 9.23. The third kappa shape index (κ3) is 10.4. The summed E-state index contributed by atoms with van der Waals surface area (Å²) in [6.45, 7) is 0. The fourth-order valence-electron chi connectivity index (χ4n) is 1.07. The van der Waals surface area contributed by atoms with Gasteiger partial charge in [-0.05, 0) is 24.4 Å². The van der Waals surface area contributed by atoms with Crippen LogP contribution in [0.5, 0.6) is 0 Å². The molecular formula is C9H16BrClO. The molecule has 0 aromatic carbocycles. The molecule has 0 atom stereocenters. The molecule has 0 radical (unpaired) electrons. The van der Waals surface area contributed by atoms with Crippen LogP contribution < -0.4 is 0 Å². The highest BCUT2D eigenvalue weighted by atomic mass is 79.9. The van der Waals surface area contributed by atoms with Crippen molar-refractivity contribution in [1.29, 1.82) is 0 Å². The summed E-state index contributed by atoms with van der Waals surface area (Å²) in [7, 11) is 0. The van der Waals surface area contributed by atoms with Crippen molar-refractivity contribution in [3.8, 4) is 0 Å². The van der Waals surface area contributed by atoms with Gasteiger partial charge in [-0.3, -0.25) is 4.79 Å². The molecule has 0 spiro atoms. The highest BCUT2D eigenvalue weighted by Gasteiger charge is 1.95. The van der Waals surface area contributed by atoms with E-state index in [9.17, 15) is 4.79 Å². The van der Waals surface area contributed by atoms with Gasteiger partial charge >= 0.3 is 0 Å². The number of rotatable bonds is 8. The molecule has 0 saturated carbocycles. The first-order valence-electron chi connectivity index (χ1n) is 4.51. The first-order valence-corrected chi connectivity index (χ1v) is 6.01. The molecule has 0 saturated heterocycles. The van der Waals surface area contributed by atoms with Crippen LogP contribution in [0.3, 0.4) is 0 Å². The highest BCUT2D eigenvalue weighted by molar-refractivity contribution is 9.09. The second-order valence-corrected chi connectivity index (χ2v) is 4.13. The molecule has 0 fully saturated rings. The molecule has 0 amide bonds. The van der Waals surface area contributed by atoms with Gasteiger partial charge in [-0.2, -0.15) is 0 Å². The van der Waals surface area contributed by atoms with Crippen LogP contribution in [-0.2, 0) is 4.79 Å². The zero-order valence-electron chi connectivity index (χ0n) is 7.32. The smallest absolute Gasteiger partial charge is 0.221 e. The Morgan fingerprint density at radius 2 is 1.50 bits per heavy atom. The van der Waals surface area contributed by atoms with Gasteiger partial charge in [-0.15, -0.1) is 0 Å². The fourth-order valence-corrected chi connectivity index (χ4v) is 1.60. The summed E-state index contributed by atoms with van der Waals surface area (Å²) in [5.74, 6) is 0. The van der Waals surface area contributed by atoms with Crippen LogP contribution in [0.15, 0.2) is 0 Å². The van der Waals surface area contributed by atoms with E-state index >= 15 is 0 Å². The van der Waals surface area contributed by atoms with Gasteiger partial charge in [0.15, 0.2) is 0 Å². The van der Waals surface area contributed by atoms with Crippen LogP contribution in [0, 0.1) is 0 Å². The van der Waals surface area contributed by atoms with Crippen LogP contribution in [0.2, 0.25) is 0 Å². The lowest BCUT2D eigenvalue weighted by atomic mass is 10.1. The van der Waals surface area contributed by atoms with Gasteiger partial charge in [0.1, 0.15) is 0 Å². The third-order valence-electron chi connectivity index (χ3n) is 1.76. The van der Waals surface area contributed by atoms with Crippen molar-refractivity contribution < 1.29 is 4.79 Å². The van der Waals surface area contributed by atoms with E-state index in [1.807, 2.05) is 0 Å². The Hall–Kier alpha value is 0.440. The minimum Gasteiger partial charge on any atom is -0.281 e. The van der Waals surface area contributed by atoms with Crippen molar-refractivity contribution in [1.82, 2.24) is 0 Å². The van der Waals surface area contributed by atoms with Crippen molar-refractivity contribution in [3.05, 3.63) is 0 Å². The highest BCUT2D eigenvalue weighted by Crippen LogP contribution is 2.08. The predicted molar refractivity (Wildman–Crippen MR) is 57.0 cm³/mol. The number of alkyl halides is 1. The maximum atomic E-state index is 10.3. The minimum absolute atomic E-state index is 0.199. The molecule has 12 heavy (non-hydrogen) atoms. The Labute approximate surface area is 88.0 Å².